The molecule has 0 bridgehead atoms. The molecular formula is C23H31NO4. The third kappa shape index (κ3) is 5.92. The van der Waals surface area contributed by atoms with Crippen molar-refractivity contribution >= 4 is 11.9 Å². The van der Waals surface area contributed by atoms with Crippen LogP contribution in [0.3, 0.4) is 0 Å². The highest BCUT2D eigenvalue weighted by Gasteiger charge is 2.26. The summed E-state index contributed by atoms with van der Waals surface area (Å²) in [6, 6.07) is 12.4. The van der Waals surface area contributed by atoms with Gasteiger partial charge in [-0.15, -0.1) is 0 Å². The molecule has 1 unspecified atom stereocenters. The lowest BCUT2D eigenvalue weighted by molar-refractivity contribution is 0.0697. The van der Waals surface area contributed by atoms with Crippen molar-refractivity contribution in [1.82, 2.24) is 4.90 Å². The second-order valence-corrected chi connectivity index (χ2v) is 6.16. The van der Waals surface area contributed by atoms with E-state index in [9.17, 15) is 19.8 Å². The fraction of sp³-hybridized carbons (Fsp3) is 0.391. The minimum absolute atomic E-state index is 0.0798. The summed E-state index contributed by atoms with van der Waals surface area (Å²) in [5.41, 5.74) is 3.07. The van der Waals surface area contributed by atoms with Crippen LogP contribution >= 0.6 is 0 Å². The number of rotatable bonds is 3. The number of likely N-dealkylation sites (tertiary alicyclic amines) is 1. The Morgan fingerprint density at radius 2 is 1.50 bits per heavy atom. The summed E-state index contributed by atoms with van der Waals surface area (Å²) in [7, 11) is 0. The number of β-amino-alcohol motifs (C(OH)–C–C–N with tert-alkyl or cyclic N) is 1. The van der Waals surface area contributed by atoms with Gasteiger partial charge in [0.1, 0.15) is 0 Å². The molecule has 5 nitrogen and oxygen atoms in total. The molecule has 1 fully saturated rings. The lowest BCUT2D eigenvalue weighted by Crippen LogP contribution is -2.29. The molecule has 2 aromatic rings. The molecule has 1 aliphatic rings. The maximum Gasteiger partial charge on any atom is 0.335 e. The van der Waals surface area contributed by atoms with E-state index in [-0.39, 0.29) is 18.0 Å². The van der Waals surface area contributed by atoms with Gasteiger partial charge in [-0.25, -0.2) is 4.79 Å². The molecule has 0 aliphatic carbocycles. The van der Waals surface area contributed by atoms with Crippen LogP contribution in [-0.4, -0.2) is 46.2 Å². The van der Waals surface area contributed by atoms with Crippen LogP contribution in [0, 0.1) is 6.92 Å². The normalized spacial score (nSPS) is 15.1. The SMILES string of the molecule is CC.CC.Cc1ccc(-c2cc(C(=O)O)cc(C(=O)N3CCC(O)C3)c2)cc1. The van der Waals surface area contributed by atoms with Gasteiger partial charge in [0, 0.05) is 18.7 Å². The number of aliphatic hydroxyl groups is 1. The van der Waals surface area contributed by atoms with Gasteiger partial charge in [0.15, 0.2) is 0 Å². The van der Waals surface area contributed by atoms with Crippen molar-refractivity contribution in [2.75, 3.05) is 13.1 Å². The van der Waals surface area contributed by atoms with Gasteiger partial charge in [0.25, 0.3) is 5.91 Å². The summed E-state index contributed by atoms with van der Waals surface area (Å²) < 4.78 is 0. The molecule has 152 valence electrons. The molecule has 0 aromatic heterocycles. The number of carbonyl (C=O) groups excluding carboxylic acids is 1. The Morgan fingerprint density at radius 3 is 2.00 bits per heavy atom. The van der Waals surface area contributed by atoms with Crippen LogP contribution in [-0.2, 0) is 0 Å². The Labute approximate surface area is 167 Å². The molecule has 28 heavy (non-hydrogen) atoms. The molecule has 0 radical (unpaired) electrons. The van der Waals surface area contributed by atoms with Crippen LogP contribution in [0.2, 0.25) is 0 Å². The lowest BCUT2D eigenvalue weighted by Gasteiger charge is -2.16. The number of aliphatic hydroxyl groups excluding tert-OH is 1. The summed E-state index contributed by atoms with van der Waals surface area (Å²) in [4.78, 5) is 25.6. The molecule has 0 saturated carbocycles. The number of benzene rings is 2. The third-order valence-electron chi connectivity index (χ3n) is 4.26. The van der Waals surface area contributed by atoms with Crippen LogP contribution in [0.1, 0.15) is 60.4 Å². The average molecular weight is 386 g/mol. The number of nitrogens with zero attached hydrogens (tertiary/aromatic N) is 1. The quantitative estimate of drug-likeness (QED) is 0.808. The molecule has 2 N–H and O–H groups in total. The zero-order chi connectivity index (χ0) is 21.3. The zero-order valence-corrected chi connectivity index (χ0v) is 17.4. The summed E-state index contributed by atoms with van der Waals surface area (Å²) in [6.07, 6.45) is 0.0445. The van der Waals surface area contributed by atoms with Crippen molar-refractivity contribution < 1.29 is 19.8 Å². The van der Waals surface area contributed by atoms with Crippen molar-refractivity contribution in [3.05, 3.63) is 59.2 Å². The Morgan fingerprint density at radius 1 is 0.929 bits per heavy atom. The van der Waals surface area contributed by atoms with E-state index in [1.807, 2.05) is 58.9 Å². The Balaban J connectivity index is 0.000000921. The molecular weight excluding hydrogens is 354 g/mol. The second-order valence-electron chi connectivity index (χ2n) is 6.16. The molecule has 1 aliphatic heterocycles. The fourth-order valence-electron chi connectivity index (χ4n) is 2.90. The molecule has 5 heteroatoms. The molecule has 1 heterocycles. The number of aryl methyl sites for hydroxylation is 1. The number of hydrogen-bond acceptors (Lipinski definition) is 3. The number of carbonyl (C=O) groups is 2. The summed E-state index contributed by atoms with van der Waals surface area (Å²) in [6.45, 7) is 10.7. The first-order valence-electron chi connectivity index (χ1n) is 9.87. The molecule has 1 amide bonds. The van der Waals surface area contributed by atoms with Crippen molar-refractivity contribution in [3.8, 4) is 11.1 Å². The maximum absolute atomic E-state index is 12.6. The summed E-state index contributed by atoms with van der Waals surface area (Å²) >= 11 is 0. The van der Waals surface area contributed by atoms with Gasteiger partial charge in [-0.3, -0.25) is 4.79 Å². The van der Waals surface area contributed by atoms with Gasteiger partial charge in [0.2, 0.25) is 0 Å². The number of hydrogen-bond donors (Lipinski definition) is 2. The Hall–Kier alpha value is -2.66. The van der Waals surface area contributed by atoms with Crippen LogP contribution in [0.25, 0.3) is 11.1 Å². The van der Waals surface area contributed by atoms with E-state index in [0.717, 1.165) is 11.1 Å². The van der Waals surface area contributed by atoms with E-state index >= 15 is 0 Å². The van der Waals surface area contributed by atoms with Crippen molar-refractivity contribution in [3.63, 3.8) is 0 Å². The van der Waals surface area contributed by atoms with Gasteiger partial charge in [-0.2, -0.15) is 0 Å². The first-order chi connectivity index (χ1) is 13.4. The standard InChI is InChI=1S/C19H19NO4.2C2H6/c1-12-2-4-13(5-3-12)14-8-15(10-16(9-14)19(23)24)18(22)20-7-6-17(21)11-20;2*1-2/h2-5,8-10,17,21H,6-7,11H2,1H3,(H,23,24);2*1-2H3. The van der Waals surface area contributed by atoms with Crippen LogP contribution < -0.4 is 0 Å². The Kier molecular flexibility index (Phi) is 9.39. The first-order valence-corrected chi connectivity index (χ1v) is 9.87. The number of carboxylic acids is 1. The van der Waals surface area contributed by atoms with E-state index in [1.54, 1.807) is 17.0 Å². The molecule has 1 saturated heterocycles. The van der Waals surface area contributed by atoms with Gasteiger partial charge in [-0.1, -0.05) is 57.5 Å². The number of carboxylic acid groups (broad SMARTS) is 1. The van der Waals surface area contributed by atoms with Crippen LogP contribution in [0.15, 0.2) is 42.5 Å². The molecule has 2 aromatic carbocycles. The Bertz CT molecular complexity index is 784. The summed E-state index contributed by atoms with van der Waals surface area (Å²) in [5.74, 6) is -1.32. The van der Waals surface area contributed by atoms with Crippen molar-refractivity contribution in [2.24, 2.45) is 0 Å². The van der Waals surface area contributed by atoms with E-state index < -0.39 is 12.1 Å². The molecule has 3 rings (SSSR count). The van der Waals surface area contributed by atoms with Gasteiger partial charge >= 0.3 is 5.97 Å². The van der Waals surface area contributed by atoms with E-state index in [2.05, 4.69) is 0 Å². The highest BCUT2D eigenvalue weighted by Crippen LogP contribution is 2.25. The third-order valence-corrected chi connectivity index (χ3v) is 4.26. The lowest BCUT2D eigenvalue weighted by atomic mass is 9.98. The topological polar surface area (TPSA) is 77.8 Å². The van der Waals surface area contributed by atoms with E-state index in [0.29, 0.717) is 24.1 Å². The average Bonchev–Trinajstić information content (AvgIpc) is 3.17. The highest BCUT2D eigenvalue weighted by atomic mass is 16.4. The maximum atomic E-state index is 12.6. The predicted octanol–water partition coefficient (Wildman–Crippen LogP) is 4.62. The minimum Gasteiger partial charge on any atom is -0.478 e. The predicted molar refractivity (Wildman–Crippen MR) is 113 cm³/mol. The van der Waals surface area contributed by atoms with Crippen LogP contribution in [0.5, 0.6) is 0 Å². The monoisotopic (exact) mass is 385 g/mol. The minimum atomic E-state index is -1.07. The highest BCUT2D eigenvalue weighted by molar-refractivity contribution is 5.99. The van der Waals surface area contributed by atoms with Gasteiger partial charge < -0.3 is 15.1 Å². The van der Waals surface area contributed by atoms with E-state index in [4.69, 9.17) is 0 Å². The summed E-state index contributed by atoms with van der Waals surface area (Å²) in [5, 5.41) is 19.0. The fourth-order valence-corrected chi connectivity index (χ4v) is 2.90. The number of aromatic carboxylic acids is 1. The zero-order valence-electron chi connectivity index (χ0n) is 17.4. The van der Waals surface area contributed by atoms with Gasteiger partial charge in [0.05, 0.1) is 11.7 Å². The van der Waals surface area contributed by atoms with Crippen LogP contribution in [0.4, 0.5) is 0 Å². The smallest absolute Gasteiger partial charge is 0.335 e. The molecule has 0 spiro atoms. The second kappa shape index (κ2) is 11.2. The largest absolute Gasteiger partial charge is 0.478 e. The van der Waals surface area contributed by atoms with Gasteiger partial charge in [-0.05, 0) is 42.7 Å². The van der Waals surface area contributed by atoms with Crippen molar-refractivity contribution in [2.45, 2.75) is 47.1 Å². The first kappa shape index (κ1) is 23.4. The number of amides is 1. The molecule has 1 atom stereocenters. The van der Waals surface area contributed by atoms with E-state index in [1.165, 1.54) is 6.07 Å². The van der Waals surface area contributed by atoms with Crippen molar-refractivity contribution in [1.29, 1.82) is 0 Å².